The number of rotatable bonds is 6. The molecule has 6 atom stereocenters. The van der Waals surface area contributed by atoms with Crippen molar-refractivity contribution in [3.8, 4) is 11.5 Å². The molecule has 0 unspecified atom stereocenters. The normalized spacial score (nSPS) is 30.6. The van der Waals surface area contributed by atoms with Gasteiger partial charge in [0.15, 0.2) is 11.5 Å². The second-order valence-electron chi connectivity index (χ2n) is 9.30. The van der Waals surface area contributed by atoms with E-state index in [1.165, 1.54) is 6.21 Å². The topological polar surface area (TPSA) is 68.2 Å². The number of halogens is 2. The molecular formula is C26H22BrClN2O4. The van der Waals surface area contributed by atoms with Crippen molar-refractivity contribution in [3.05, 3.63) is 69.2 Å². The van der Waals surface area contributed by atoms with Crippen LogP contribution < -0.4 is 9.47 Å². The molecule has 1 saturated heterocycles. The molecule has 174 valence electrons. The third-order valence-corrected chi connectivity index (χ3v) is 8.50. The lowest BCUT2D eigenvalue weighted by molar-refractivity contribution is -0.140. The molecule has 0 spiro atoms. The number of imide groups is 1. The van der Waals surface area contributed by atoms with Gasteiger partial charge >= 0.3 is 0 Å². The maximum absolute atomic E-state index is 13.1. The Hall–Kier alpha value is -2.64. The Balaban J connectivity index is 1.21. The molecule has 0 radical (unpaired) electrons. The Labute approximate surface area is 210 Å². The smallest absolute Gasteiger partial charge is 0.254 e. The number of methoxy groups -OCH3 is 1. The van der Waals surface area contributed by atoms with Crippen molar-refractivity contribution >= 4 is 45.6 Å². The summed E-state index contributed by atoms with van der Waals surface area (Å²) >= 11 is 9.77. The van der Waals surface area contributed by atoms with Crippen LogP contribution in [0.2, 0.25) is 5.02 Å². The van der Waals surface area contributed by atoms with Crippen LogP contribution in [0, 0.1) is 35.5 Å². The van der Waals surface area contributed by atoms with Gasteiger partial charge in [-0.3, -0.25) is 9.59 Å². The summed E-state index contributed by atoms with van der Waals surface area (Å²) in [7, 11) is 1.55. The molecule has 2 aromatic carbocycles. The summed E-state index contributed by atoms with van der Waals surface area (Å²) in [5, 5.41) is 6.02. The van der Waals surface area contributed by atoms with Gasteiger partial charge < -0.3 is 9.47 Å². The molecule has 2 aromatic rings. The van der Waals surface area contributed by atoms with Crippen LogP contribution in [0.3, 0.4) is 0 Å². The van der Waals surface area contributed by atoms with Gasteiger partial charge in [0.1, 0.15) is 6.61 Å². The number of amides is 2. The van der Waals surface area contributed by atoms with Gasteiger partial charge in [-0.25, -0.2) is 0 Å². The number of hydrogen-bond donors (Lipinski definition) is 0. The first-order valence-electron chi connectivity index (χ1n) is 11.3. The van der Waals surface area contributed by atoms with Crippen molar-refractivity contribution in [2.45, 2.75) is 13.0 Å². The van der Waals surface area contributed by atoms with Crippen LogP contribution in [0.15, 0.2) is 58.1 Å². The van der Waals surface area contributed by atoms with E-state index in [1.807, 2.05) is 30.3 Å². The highest BCUT2D eigenvalue weighted by atomic mass is 79.9. The molecule has 4 aliphatic carbocycles. The fraction of sp³-hybridized carbons (Fsp3) is 0.346. The third kappa shape index (κ3) is 3.40. The summed E-state index contributed by atoms with van der Waals surface area (Å²) in [5.74, 6) is 1.64. The number of ether oxygens (including phenoxy) is 2. The second-order valence-corrected chi connectivity index (χ2v) is 10.6. The lowest BCUT2D eigenvalue weighted by Crippen LogP contribution is -2.40. The minimum absolute atomic E-state index is 0.179. The number of carbonyl (C=O) groups is 2. The maximum atomic E-state index is 13.1. The zero-order valence-electron chi connectivity index (χ0n) is 18.4. The molecule has 0 aromatic heterocycles. The van der Waals surface area contributed by atoms with E-state index < -0.39 is 0 Å². The van der Waals surface area contributed by atoms with E-state index in [4.69, 9.17) is 21.1 Å². The van der Waals surface area contributed by atoms with Gasteiger partial charge in [-0.1, -0.05) is 42.0 Å². The van der Waals surface area contributed by atoms with Gasteiger partial charge in [0.25, 0.3) is 11.8 Å². The summed E-state index contributed by atoms with van der Waals surface area (Å²) in [4.78, 5) is 26.2. The standard InChI is InChI=1S/C26H22BrClN2O4/c1-33-21-9-13(8-19(27)24(21)34-12-14-4-2-3-5-20(14)28)11-29-30-25(31)22-15-6-7-16(18-10-17(15)18)23(22)26(30)32/h2-9,11,15-18,22-23H,10,12H2,1H3/b29-11-/t15-,16+,17-,18-,22+,23-/m1/s1. The zero-order chi connectivity index (χ0) is 23.6. The Bertz CT molecular complexity index is 1230. The highest BCUT2D eigenvalue weighted by Crippen LogP contribution is 2.65. The molecule has 7 rings (SSSR count). The minimum atomic E-state index is -0.259. The Kier molecular flexibility index (Phi) is 5.30. The lowest BCUT2D eigenvalue weighted by atomic mass is 9.63. The molecule has 3 fully saturated rings. The molecule has 2 saturated carbocycles. The van der Waals surface area contributed by atoms with E-state index in [9.17, 15) is 9.59 Å². The Morgan fingerprint density at radius 2 is 1.79 bits per heavy atom. The highest BCUT2D eigenvalue weighted by Gasteiger charge is 2.67. The van der Waals surface area contributed by atoms with Gasteiger partial charge in [-0.05, 0) is 69.8 Å². The second kappa shape index (κ2) is 8.24. The van der Waals surface area contributed by atoms with Crippen LogP contribution in [0.25, 0.3) is 0 Å². The van der Waals surface area contributed by atoms with Crippen molar-refractivity contribution in [2.24, 2.45) is 40.6 Å². The average molecular weight is 542 g/mol. The van der Waals surface area contributed by atoms with E-state index in [2.05, 4.69) is 33.2 Å². The predicted octanol–water partition coefficient (Wildman–Crippen LogP) is 5.08. The number of allylic oxidation sites excluding steroid dienone is 2. The Morgan fingerprint density at radius 1 is 1.12 bits per heavy atom. The molecular weight excluding hydrogens is 520 g/mol. The number of hydrogen-bond acceptors (Lipinski definition) is 5. The number of nitrogens with zero attached hydrogens (tertiary/aromatic N) is 2. The molecule has 0 N–H and O–H groups in total. The third-order valence-electron chi connectivity index (χ3n) is 7.54. The number of benzene rings is 2. The Morgan fingerprint density at radius 3 is 2.44 bits per heavy atom. The number of hydrazone groups is 1. The molecule has 8 heteroatoms. The van der Waals surface area contributed by atoms with Crippen LogP contribution in [0.1, 0.15) is 17.5 Å². The minimum Gasteiger partial charge on any atom is -0.493 e. The van der Waals surface area contributed by atoms with Gasteiger partial charge in [0.05, 0.1) is 29.6 Å². The van der Waals surface area contributed by atoms with E-state index in [-0.39, 0.29) is 42.1 Å². The van der Waals surface area contributed by atoms with Crippen molar-refractivity contribution in [3.63, 3.8) is 0 Å². The molecule has 6 nitrogen and oxygen atoms in total. The van der Waals surface area contributed by atoms with Crippen molar-refractivity contribution < 1.29 is 19.1 Å². The quantitative estimate of drug-likeness (QED) is 0.291. The first-order chi connectivity index (χ1) is 16.5. The fourth-order valence-electron chi connectivity index (χ4n) is 5.90. The van der Waals surface area contributed by atoms with Crippen LogP contribution in [-0.4, -0.2) is 30.1 Å². The summed E-state index contributed by atoms with van der Waals surface area (Å²) in [5.41, 5.74) is 1.53. The maximum Gasteiger partial charge on any atom is 0.254 e. The SMILES string of the molecule is COc1cc(/C=N\N2C(=O)[C@@H]3[C@H]4C=C[C@H]([C@H]5C[C@H]45)[C@@H]3C2=O)cc(Br)c1OCc1ccccc1Cl. The molecule has 2 bridgehead atoms. The number of carbonyl (C=O) groups excluding carboxylic acids is 2. The molecule has 2 amide bonds. The summed E-state index contributed by atoms with van der Waals surface area (Å²) < 4.78 is 12.2. The zero-order valence-corrected chi connectivity index (χ0v) is 20.7. The van der Waals surface area contributed by atoms with Gasteiger partial charge in [0.2, 0.25) is 0 Å². The molecule has 5 aliphatic rings. The first kappa shape index (κ1) is 21.9. The summed E-state index contributed by atoms with van der Waals surface area (Å²) in [6.45, 7) is 0.278. The summed E-state index contributed by atoms with van der Waals surface area (Å²) in [6.07, 6.45) is 6.97. The van der Waals surface area contributed by atoms with E-state index in [0.717, 1.165) is 17.0 Å². The average Bonchev–Trinajstić information content (AvgIpc) is 3.62. The van der Waals surface area contributed by atoms with Crippen LogP contribution in [-0.2, 0) is 16.2 Å². The van der Waals surface area contributed by atoms with Crippen LogP contribution in [0.4, 0.5) is 0 Å². The van der Waals surface area contributed by atoms with Gasteiger partial charge in [-0.15, -0.1) is 0 Å². The lowest BCUT2D eigenvalue weighted by Gasteiger charge is -2.37. The largest absolute Gasteiger partial charge is 0.493 e. The van der Waals surface area contributed by atoms with E-state index in [0.29, 0.717) is 38.4 Å². The fourth-order valence-corrected chi connectivity index (χ4v) is 6.66. The van der Waals surface area contributed by atoms with Crippen molar-refractivity contribution in [2.75, 3.05) is 7.11 Å². The monoisotopic (exact) mass is 540 g/mol. The van der Waals surface area contributed by atoms with Crippen molar-refractivity contribution in [1.29, 1.82) is 0 Å². The van der Waals surface area contributed by atoms with Crippen LogP contribution >= 0.6 is 27.5 Å². The molecule has 1 aliphatic heterocycles. The van der Waals surface area contributed by atoms with Crippen molar-refractivity contribution in [1.82, 2.24) is 5.01 Å². The molecule has 1 heterocycles. The van der Waals surface area contributed by atoms with Crippen LogP contribution in [0.5, 0.6) is 11.5 Å². The van der Waals surface area contributed by atoms with E-state index >= 15 is 0 Å². The first-order valence-corrected chi connectivity index (χ1v) is 12.5. The predicted molar refractivity (Wildman–Crippen MR) is 131 cm³/mol. The molecule has 34 heavy (non-hydrogen) atoms. The van der Waals surface area contributed by atoms with Gasteiger partial charge in [-0.2, -0.15) is 10.1 Å². The van der Waals surface area contributed by atoms with E-state index in [1.54, 1.807) is 13.2 Å². The summed E-state index contributed by atoms with van der Waals surface area (Å²) in [6, 6.07) is 11.1. The highest BCUT2D eigenvalue weighted by molar-refractivity contribution is 9.10. The van der Waals surface area contributed by atoms with Gasteiger partial charge in [0, 0.05) is 10.6 Å².